The van der Waals surface area contributed by atoms with Gasteiger partial charge in [-0.1, -0.05) is 31.0 Å². The number of fused-ring (bicyclic) bond motifs is 1. The van der Waals surface area contributed by atoms with Crippen molar-refractivity contribution >= 4 is 39.1 Å². The maximum atomic E-state index is 11.9. The lowest BCUT2D eigenvalue weighted by Crippen LogP contribution is -2.30. The summed E-state index contributed by atoms with van der Waals surface area (Å²) in [4.78, 5) is 11.9. The van der Waals surface area contributed by atoms with E-state index in [0.29, 0.717) is 11.0 Å². The molecule has 0 aliphatic heterocycles. The molecule has 1 amide bonds. The molecule has 0 saturated heterocycles. The Kier molecular flexibility index (Phi) is 5.39. The standard InChI is InChI=1S/C17H21NO2S2/c19-15(14-10-22-16-8-4-3-7-13(14)16)9-18-17(20)11-21-12-5-1-2-6-12/h3-4,7-8,10,12,15,19H,1-2,5-6,9,11H2,(H,18,20)/t15-/m1/s1. The predicted molar refractivity (Wildman–Crippen MR) is 94.5 cm³/mol. The summed E-state index contributed by atoms with van der Waals surface area (Å²) < 4.78 is 1.17. The van der Waals surface area contributed by atoms with Crippen LogP contribution in [0, 0.1) is 0 Å². The normalized spacial score (nSPS) is 17.0. The lowest BCUT2D eigenvalue weighted by molar-refractivity contribution is -0.119. The second-order valence-corrected chi connectivity index (χ2v) is 7.92. The molecule has 2 aromatic rings. The maximum absolute atomic E-state index is 11.9. The molecule has 3 nitrogen and oxygen atoms in total. The molecular formula is C17H21NO2S2. The minimum atomic E-state index is -0.642. The van der Waals surface area contributed by atoms with Crippen LogP contribution in [0.25, 0.3) is 10.1 Å². The van der Waals surface area contributed by atoms with E-state index in [4.69, 9.17) is 0 Å². The molecule has 22 heavy (non-hydrogen) atoms. The van der Waals surface area contributed by atoms with Crippen LogP contribution in [0.2, 0.25) is 0 Å². The quantitative estimate of drug-likeness (QED) is 0.846. The van der Waals surface area contributed by atoms with Crippen LogP contribution >= 0.6 is 23.1 Å². The zero-order chi connectivity index (χ0) is 15.4. The van der Waals surface area contributed by atoms with Gasteiger partial charge in [-0.15, -0.1) is 23.1 Å². The van der Waals surface area contributed by atoms with E-state index >= 15 is 0 Å². The minimum absolute atomic E-state index is 0.0236. The number of aliphatic hydroxyl groups is 1. The fourth-order valence-corrected chi connectivity index (χ4v) is 5.04. The largest absolute Gasteiger partial charge is 0.387 e. The summed E-state index contributed by atoms with van der Waals surface area (Å²) >= 11 is 3.38. The molecular weight excluding hydrogens is 314 g/mol. The Morgan fingerprint density at radius 3 is 2.95 bits per heavy atom. The van der Waals surface area contributed by atoms with Crippen molar-refractivity contribution in [2.75, 3.05) is 12.3 Å². The lowest BCUT2D eigenvalue weighted by atomic mass is 10.1. The molecule has 1 aliphatic rings. The van der Waals surface area contributed by atoms with Gasteiger partial charge in [0.15, 0.2) is 0 Å². The van der Waals surface area contributed by atoms with Crippen LogP contribution < -0.4 is 5.32 Å². The second kappa shape index (κ2) is 7.49. The van der Waals surface area contributed by atoms with Crippen LogP contribution in [0.1, 0.15) is 37.4 Å². The fourth-order valence-electron chi connectivity index (χ4n) is 2.88. The highest BCUT2D eigenvalue weighted by Gasteiger charge is 2.18. The number of amides is 1. The Labute approximate surface area is 139 Å². The van der Waals surface area contributed by atoms with Gasteiger partial charge in [-0.25, -0.2) is 0 Å². The molecule has 3 rings (SSSR count). The first-order valence-electron chi connectivity index (χ1n) is 7.76. The van der Waals surface area contributed by atoms with Gasteiger partial charge in [0.1, 0.15) is 0 Å². The van der Waals surface area contributed by atoms with Crippen LogP contribution in [0.4, 0.5) is 0 Å². The van der Waals surface area contributed by atoms with Crippen LogP contribution in [-0.4, -0.2) is 28.6 Å². The maximum Gasteiger partial charge on any atom is 0.230 e. The topological polar surface area (TPSA) is 49.3 Å². The van der Waals surface area contributed by atoms with E-state index in [-0.39, 0.29) is 12.5 Å². The van der Waals surface area contributed by atoms with Crippen LogP contribution in [0.15, 0.2) is 29.6 Å². The van der Waals surface area contributed by atoms with Crippen molar-refractivity contribution in [3.63, 3.8) is 0 Å². The third kappa shape index (κ3) is 3.83. The van der Waals surface area contributed by atoms with Crippen molar-refractivity contribution in [2.45, 2.75) is 37.0 Å². The number of hydrogen-bond acceptors (Lipinski definition) is 4. The number of nitrogens with one attached hydrogen (secondary N) is 1. The summed E-state index contributed by atoms with van der Waals surface area (Å²) in [5.74, 6) is 0.525. The van der Waals surface area contributed by atoms with Crippen molar-refractivity contribution in [3.8, 4) is 0 Å². The van der Waals surface area contributed by atoms with Crippen molar-refractivity contribution in [2.24, 2.45) is 0 Å². The zero-order valence-electron chi connectivity index (χ0n) is 12.5. The molecule has 1 aromatic carbocycles. The molecule has 118 valence electrons. The molecule has 1 heterocycles. The number of thiophene rings is 1. The van der Waals surface area contributed by atoms with Gasteiger partial charge in [-0.2, -0.15) is 0 Å². The van der Waals surface area contributed by atoms with E-state index in [1.807, 2.05) is 29.6 Å². The summed E-state index contributed by atoms with van der Waals surface area (Å²) in [6, 6.07) is 8.04. The molecule has 5 heteroatoms. The second-order valence-electron chi connectivity index (χ2n) is 5.72. The third-order valence-corrected chi connectivity index (χ3v) is 6.47. The van der Waals surface area contributed by atoms with Gasteiger partial charge in [-0.05, 0) is 29.7 Å². The van der Waals surface area contributed by atoms with E-state index in [0.717, 1.165) is 10.9 Å². The molecule has 1 saturated carbocycles. The van der Waals surface area contributed by atoms with Gasteiger partial charge >= 0.3 is 0 Å². The molecule has 1 atom stereocenters. The third-order valence-electron chi connectivity index (χ3n) is 4.11. The number of hydrogen-bond donors (Lipinski definition) is 2. The van der Waals surface area contributed by atoms with Gasteiger partial charge in [0.25, 0.3) is 0 Å². The highest BCUT2D eigenvalue weighted by molar-refractivity contribution is 8.00. The Morgan fingerprint density at radius 1 is 1.36 bits per heavy atom. The molecule has 0 unspecified atom stereocenters. The first-order valence-corrected chi connectivity index (χ1v) is 9.69. The van der Waals surface area contributed by atoms with Crippen molar-refractivity contribution in [1.82, 2.24) is 5.32 Å². The average molecular weight is 335 g/mol. The zero-order valence-corrected chi connectivity index (χ0v) is 14.1. The molecule has 0 spiro atoms. The summed E-state index contributed by atoms with van der Waals surface area (Å²) in [5.41, 5.74) is 0.907. The van der Waals surface area contributed by atoms with Crippen LogP contribution in [0.3, 0.4) is 0 Å². The van der Waals surface area contributed by atoms with E-state index in [2.05, 4.69) is 5.32 Å². The van der Waals surface area contributed by atoms with Gasteiger partial charge < -0.3 is 10.4 Å². The van der Waals surface area contributed by atoms with E-state index in [1.165, 1.54) is 30.4 Å². The summed E-state index contributed by atoms with van der Waals surface area (Å²) in [6.07, 6.45) is 4.42. The van der Waals surface area contributed by atoms with Gasteiger partial charge in [0.05, 0.1) is 11.9 Å². The van der Waals surface area contributed by atoms with Crippen LogP contribution in [-0.2, 0) is 4.79 Å². The number of thioether (sulfide) groups is 1. The summed E-state index contributed by atoms with van der Waals surface area (Å²) in [6.45, 7) is 0.283. The lowest BCUT2D eigenvalue weighted by Gasteiger charge is -2.13. The number of benzene rings is 1. The molecule has 1 fully saturated rings. The molecule has 0 radical (unpaired) electrons. The smallest absolute Gasteiger partial charge is 0.230 e. The molecule has 0 bridgehead atoms. The monoisotopic (exact) mass is 335 g/mol. The van der Waals surface area contributed by atoms with Crippen molar-refractivity contribution < 1.29 is 9.90 Å². The predicted octanol–water partition coefficient (Wildman–Crippen LogP) is 3.73. The first-order chi connectivity index (χ1) is 10.7. The Bertz CT molecular complexity index is 634. The average Bonchev–Trinajstić information content (AvgIpc) is 3.19. The van der Waals surface area contributed by atoms with E-state index in [9.17, 15) is 9.90 Å². The summed E-state index contributed by atoms with van der Waals surface area (Å²) in [7, 11) is 0. The Balaban J connectivity index is 1.49. The first kappa shape index (κ1) is 15.8. The number of rotatable bonds is 6. The van der Waals surface area contributed by atoms with Crippen molar-refractivity contribution in [1.29, 1.82) is 0 Å². The van der Waals surface area contributed by atoms with Gasteiger partial charge in [0.2, 0.25) is 5.91 Å². The summed E-state index contributed by atoms with van der Waals surface area (Å²) in [5, 5.41) is 16.9. The number of carbonyl (C=O) groups excluding carboxylic acids is 1. The molecule has 2 N–H and O–H groups in total. The SMILES string of the molecule is O=C(CSC1CCCC1)NC[C@@H](O)c1csc2ccccc12. The Hall–Kier alpha value is -1.04. The highest BCUT2D eigenvalue weighted by Crippen LogP contribution is 2.30. The molecule has 1 aliphatic carbocycles. The van der Waals surface area contributed by atoms with Crippen molar-refractivity contribution in [3.05, 3.63) is 35.2 Å². The molecule has 1 aromatic heterocycles. The van der Waals surface area contributed by atoms with Gasteiger partial charge in [0, 0.05) is 22.1 Å². The van der Waals surface area contributed by atoms with E-state index < -0.39 is 6.10 Å². The minimum Gasteiger partial charge on any atom is -0.387 e. The number of aliphatic hydroxyl groups excluding tert-OH is 1. The van der Waals surface area contributed by atoms with Gasteiger partial charge in [-0.3, -0.25) is 4.79 Å². The fraction of sp³-hybridized carbons (Fsp3) is 0.471. The van der Waals surface area contributed by atoms with Crippen LogP contribution in [0.5, 0.6) is 0 Å². The van der Waals surface area contributed by atoms with E-state index in [1.54, 1.807) is 23.1 Å². The number of carbonyl (C=O) groups is 1. The Morgan fingerprint density at radius 2 is 2.14 bits per heavy atom. The highest BCUT2D eigenvalue weighted by atomic mass is 32.2.